The summed E-state index contributed by atoms with van der Waals surface area (Å²) in [7, 11) is 3.15. The maximum Gasteiger partial charge on any atom is 0.277 e. The van der Waals surface area contributed by atoms with Crippen LogP contribution in [0.25, 0.3) is 0 Å². The van der Waals surface area contributed by atoms with Gasteiger partial charge in [-0.3, -0.25) is 4.79 Å². The summed E-state index contributed by atoms with van der Waals surface area (Å²) in [6.07, 6.45) is 1.51. The fourth-order valence-electron chi connectivity index (χ4n) is 2.53. The number of rotatable bonds is 8. The summed E-state index contributed by atoms with van der Waals surface area (Å²) in [6, 6.07) is 11.3. The number of benzene rings is 2. The minimum atomic E-state index is -0.343. The Hall–Kier alpha value is -3.02. The molecule has 0 saturated carbocycles. The summed E-state index contributed by atoms with van der Waals surface area (Å²) >= 11 is 0. The lowest BCUT2D eigenvalue weighted by Crippen LogP contribution is -2.25. The Morgan fingerprint density at radius 2 is 1.89 bits per heavy atom. The standard InChI is InChI=1S/C21H26N2O4/c1-14(2)18-8-6-15(3)10-20(18)27-13-21(24)23-22-12-16-11-17(25-4)7-9-19(16)26-5/h6-12,14H,13H2,1-5H3,(H,23,24)/b22-12+. The number of ether oxygens (including phenoxy) is 3. The second kappa shape index (κ2) is 9.62. The average molecular weight is 370 g/mol. The van der Waals surface area contributed by atoms with Crippen molar-refractivity contribution in [3.05, 3.63) is 53.1 Å². The topological polar surface area (TPSA) is 69.2 Å². The van der Waals surface area contributed by atoms with Crippen molar-refractivity contribution in [2.24, 2.45) is 5.10 Å². The molecule has 0 aliphatic carbocycles. The van der Waals surface area contributed by atoms with Crippen molar-refractivity contribution in [3.8, 4) is 17.2 Å². The molecular weight excluding hydrogens is 344 g/mol. The van der Waals surface area contributed by atoms with Gasteiger partial charge in [0.1, 0.15) is 17.2 Å². The number of carbonyl (C=O) groups is 1. The van der Waals surface area contributed by atoms with Gasteiger partial charge in [-0.25, -0.2) is 5.43 Å². The van der Waals surface area contributed by atoms with E-state index in [1.54, 1.807) is 32.4 Å². The largest absolute Gasteiger partial charge is 0.497 e. The summed E-state index contributed by atoms with van der Waals surface area (Å²) in [5.74, 6) is 1.99. The maximum absolute atomic E-state index is 12.0. The quantitative estimate of drug-likeness (QED) is 0.569. The predicted molar refractivity (Wildman–Crippen MR) is 106 cm³/mol. The van der Waals surface area contributed by atoms with Crippen molar-refractivity contribution in [2.75, 3.05) is 20.8 Å². The number of amides is 1. The first-order chi connectivity index (χ1) is 12.9. The zero-order valence-electron chi connectivity index (χ0n) is 16.4. The maximum atomic E-state index is 12.0. The van der Waals surface area contributed by atoms with Gasteiger partial charge < -0.3 is 14.2 Å². The van der Waals surface area contributed by atoms with E-state index in [-0.39, 0.29) is 12.5 Å². The fraction of sp³-hybridized carbons (Fsp3) is 0.333. The normalized spacial score (nSPS) is 10.9. The molecule has 2 aromatic carbocycles. The van der Waals surface area contributed by atoms with Crippen LogP contribution >= 0.6 is 0 Å². The second-order valence-corrected chi connectivity index (χ2v) is 6.39. The van der Waals surface area contributed by atoms with Gasteiger partial charge >= 0.3 is 0 Å². The lowest BCUT2D eigenvalue weighted by molar-refractivity contribution is -0.123. The molecule has 0 aromatic heterocycles. The molecule has 6 nitrogen and oxygen atoms in total. The van der Waals surface area contributed by atoms with Gasteiger partial charge in [0.05, 0.1) is 20.4 Å². The fourth-order valence-corrected chi connectivity index (χ4v) is 2.53. The minimum absolute atomic E-state index is 0.115. The molecule has 0 heterocycles. The molecular formula is C21H26N2O4. The molecule has 0 fully saturated rings. The lowest BCUT2D eigenvalue weighted by Gasteiger charge is -2.14. The smallest absolute Gasteiger partial charge is 0.277 e. The molecule has 0 bridgehead atoms. The van der Waals surface area contributed by atoms with Crippen LogP contribution in [0.4, 0.5) is 0 Å². The van der Waals surface area contributed by atoms with E-state index in [9.17, 15) is 4.79 Å². The third-order valence-corrected chi connectivity index (χ3v) is 3.98. The molecule has 2 rings (SSSR count). The molecule has 0 radical (unpaired) electrons. The number of nitrogens with one attached hydrogen (secondary N) is 1. The van der Waals surface area contributed by atoms with Crippen LogP contribution in [-0.4, -0.2) is 32.9 Å². The van der Waals surface area contributed by atoms with Gasteiger partial charge in [-0.15, -0.1) is 0 Å². The van der Waals surface area contributed by atoms with Gasteiger partial charge in [-0.05, 0) is 48.2 Å². The van der Waals surface area contributed by atoms with Crippen molar-refractivity contribution < 1.29 is 19.0 Å². The summed E-state index contributed by atoms with van der Waals surface area (Å²) in [5, 5.41) is 3.97. The van der Waals surface area contributed by atoms with Crippen molar-refractivity contribution in [2.45, 2.75) is 26.7 Å². The molecule has 0 atom stereocenters. The third kappa shape index (κ3) is 5.74. The number of hydrogen-bond acceptors (Lipinski definition) is 5. The molecule has 27 heavy (non-hydrogen) atoms. The third-order valence-electron chi connectivity index (χ3n) is 3.98. The van der Waals surface area contributed by atoms with E-state index in [0.29, 0.717) is 23.0 Å². The summed E-state index contributed by atoms with van der Waals surface area (Å²) < 4.78 is 16.1. The van der Waals surface area contributed by atoms with E-state index >= 15 is 0 Å². The molecule has 0 spiro atoms. The highest BCUT2D eigenvalue weighted by atomic mass is 16.5. The number of carbonyl (C=O) groups excluding carboxylic acids is 1. The van der Waals surface area contributed by atoms with Crippen LogP contribution in [0.15, 0.2) is 41.5 Å². The number of methoxy groups -OCH3 is 2. The molecule has 2 aromatic rings. The first-order valence-corrected chi connectivity index (χ1v) is 8.72. The van der Waals surface area contributed by atoms with E-state index in [1.807, 2.05) is 25.1 Å². The van der Waals surface area contributed by atoms with Crippen molar-refractivity contribution in [1.29, 1.82) is 0 Å². The van der Waals surface area contributed by atoms with Crippen LogP contribution < -0.4 is 19.6 Å². The lowest BCUT2D eigenvalue weighted by atomic mass is 10.0. The highest BCUT2D eigenvalue weighted by Gasteiger charge is 2.10. The highest BCUT2D eigenvalue weighted by molar-refractivity contribution is 5.86. The Balaban J connectivity index is 1.97. The van der Waals surface area contributed by atoms with E-state index in [1.165, 1.54) is 6.21 Å². The minimum Gasteiger partial charge on any atom is -0.497 e. The second-order valence-electron chi connectivity index (χ2n) is 6.39. The van der Waals surface area contributed by atoms with Crippen LogP contribution in [0.5, 0.6) is 17.2 Å². The first-order valence-electron chi connectivity index (χ1n) is 8.72. The summed E-state index contributed by atoms with van der Waals surface area (Å²) in [4.78, 5) is 12.0. The zero-order valence-corrected chi connectivity index (χ0v) is 16.4. The van der Waals surface area contributed by atoms with Crippen molar-refractivity contribution in [1.82, 2.24) is 5.43 Å². The van der Waals surface area contributed by atoms with Gasteiger partial charge in [0.15, 0.2) is 6.61 Å². The van der Waals surface area contributed by atoms with Gasteiger partial charge in [0.25, 0.3) is 5.91 Å². The van der Waals surface area contributed by atoms with Crippen molar-refractivity contribution in [3.63, 3.8) is 0 Å². The van der Waals surface area contributed by atoms with Crippen molar-refractivity contribution >= 4 is 12.1 Å². The van der Waals surface area contributed by atoms with Gasteiger partial charge in [-0.2, -0.15) is 5.10 Å². The number of aryl methyl sites for hydroxylation is 1. The number of hydrogen-bond donors (Lipinski definition) is 1. The number of hydrazone groups is 1. The van der Waals surface area contributed by atoms with E-state index in [0.717, 1.165) is 16.9 Å². The Labute approximate surface area is 160 Å². The van der Waals surface area contributed by atoms with Gasteiger partial charge in [0.2, 0.25) is 0 Å². The predicted octanol–water partition coefficient (Wildman–Crippen LogP) is 3.66. The molecule has 144 valence electrons. The molecule has 1 amide bonds. The first kappa shape index (κ1) is 20.3. The average Bonchev–Trinajstić information content (AvgIpc) is 2.66. The van der Waals surface area contributed by atoms with Crippen LogP contribution in [0, 0.1) is 6.92 Å². The van der Waals surface area contributed by atoms with Crippen LogP contribution in [0.3, 0.4) is 0 Å². The van der Waals surface area contributed by atoms with Crippen LogP contribution in [-0.2, 0) is 4.79 Å². The van der Waals surface area contributed by atoms with E-state index < -0.39 is 0 Å². The molecule has 0 saturated heterocycles. The van der Waals surface area contributed by atoms with Gasteiger partial charge in [0, 0.05) is 5.56 Å². The Morgan fingerprint density at radius 3 is 2.56 bits per heavy atom. The molecule has 1 N–H and O–H groups in total. The van der Waals surface area contributed by atoms with E-state index in [2.05, 4.69) is 24.4 Å². The Morgan fingerprint density at radius 1 is 1.11 bits per heavy atom. The monoisotopic (exact) mass is 370 g/mol. The summed E-state index contributed by atoms with van der Waals surface area (Å²) in [5.41, 5.74) is 5.31. The molecule has 0 aliphatic heterocycles. The van der Waals surface area contributed by atoms with Gasteiger partial charge in [-0.1, -0.05) is 26.0 Å². The Kier molecular flexibility index (Phi) is 7.23. The Bertz CT molecular complexity index is 816. The van der Waals surface area contributed by atoms with Crippen LogP contribution in [0.2, 0.25) is 0 Å². The highest BCUT2D eigenvalue weighted by Crippen LogP contribution is 2.27. The molecule has 0 unspecified atom stereocenters. The SMILES string of the molecule is COc1ccc(OC)c(/C=N/NC(=O)COc2cc(C)ccc2C(C)C)c1. The summed E-state index contributed by atoms with van der Waals surface area (Å²) in [6.45, 7) is 6.05. The van der Waals surface area contributed by atoms with E-state index in [4.69, 9.17) is 14.2 Å². The molecule has 0 aliphatic rings. The molecule has 6 heteroatoms. The van der Waals surface area contributed by atoms with Crippen LogP contribution in [0.1, 0.15) is 36.5 Å². The zero-order chi connectivity index (χ0) is 19.8. The number of nitrogens with zero attached hydrogens (tertiary/aromatic N) is 1.